The van der Waals surface area contributed by atoms with Gasteiger partial charge in [-0.05, 0) is 17.7 Å². The van der Waals surface area contributed by atoms with Crippen LogP contribution < -0.4 is 0 Å². The fourth-order valence-electron chi connectivity index (χ4n) is 1.71. The lowest BCUT2D eigenvalue weighted by Crippen LogP contribution is -2.23. The molecule has 0 radical (unpaired) electrons. The van der Waals surface area contributed by atoms with E-state index in [1.54, 1.807) is 0 Å². The van der Waals surface area contributed by atoms with Gasteiger partial charge in [-0.3, -0.25) is 9.59 Å². The molecule has 0 saturated heterocycles. The summed E-state index contributed by atoms with van der Waals surface area (Å²) in [4.78, 5) is 35.0. The Balaban J connectivity index is 2.26. The molecule has 1 aromatic rings. The van der Waals surface area contributed by atoms with Gasteiger partial charge in [0, 0.05) is 0 Å². The maximum atomic E-state index is 11.8. The topological polar surface area (TPSA) is 69.7 Å². The fraction of sp³-hybridized carbons (Fsp3) is 0.133. The number of methoxy groups -OCH3 is 1. The Bertz CT molecular complexity index is 610. The predicted octanol–water partition coefficient (Wildman–Crippen LogP) is 1.34. The van der Waals surface area contributed by atoms with E-state index in [-0.39, 0.29) is 17.9 Å². The molecule has 0 unspecified atom stereocenters. The van der Waals surface area contributed by atoms with Crippen molar-refractivity contribution in [2.75, 3.05) is 7.11 Å². The van der Waals surface area contributed by atoms with Gasteiger partial charge in [-0.2, -0.15) is 0 Å². The molecule has 0 heterocycles. The van der Waals surface area contributed by atoms with Crippen LogP contribution in [0.3, 0.4) is 0 Å². The van der Waals surface area contributed by atoms with Crippen LogP contribution in [0.1, 0.15) is 5.56 Å². The Morgan fingerprint density at radius 2 is 1.70 bits per heavy atom. The van der Waals surface area contributed by atoms with Gasteiger partial charge in [-0.25, -0.2) is 4.79 Å². The quantitative estimate of drug-likeness (QED) is 0.470. The van der Waals surface area contributed by atoms with E-state index < -0.39 is 17.5 Å². The molecule has 0 aliphatic heterocycles. The Morgan fingerprint density at radius 3 is 2.35 bits per heavy atom. The third-order valence-electron chi connectivity index (χ3n) is 2.70. The van der Waals surface area contributed by atoms with E-state index in [9.17, 15) is 14.4 Å². The van der Waals surface area contributed by atoms with Crippen LogP contribution >= 0.6 is 0 Å². The van der Waals surface area contributed by atoms with Crippen LogP contribution in [0, 0.1) is 0 Å². The fourth-order valence-corrected chi connectivity index (χ4v) is 1.71. The first-order valence-corrected chi connectivity index (χ1v) is 5.89. The number of carbonyl (C=O) groups is 3. The summed E-state index contributed by atoms with van der Waals surface area (Å²) in [6, 6.07) is 9.11. The van der Waals surface area contributed by atoms with Gasteiger partial charge in [0.05, 0.1) is 7.11 Å². The van der Waals surface area contributed by atoms with Crippen molar-refractivity contribution in [3.05, 3.63) is 59.4 Å². The number of carbonyl (C=O) groups excluding carboxylic acids is 3. The van der Waals surface area contributed by atoms with Gasteiger partial charge in [0.2, 0.25) is 5.78 Å². The molecule has 0 spiro atoms. The van der Waals surface area contributed by atoms with Crippen molar-refractivity contribution in [1.29, 1.82) is 0 Å². The van der Waals surface area contributed by atoms with Crippen LogP contribution in [-0.4, -0.2) is 24.6 Å². The van der Waals surface area contributed by atoms with Crippen molar-refractivity contribution >= 4 is 17.5 Å². The first-order valence-electron chi connectivity index (χ1n) is 5.89. The van der Waals surface area contributed by atoms with Gasteiger partial charge >= 0.3 is 5.97 Å². The molecular formula is C15H12O5. The minimum atomic E-state index is -0.879. The Hall–Kier alpha value is -2.69. The molecule has 1 aliphatic carbocycles. The number of rotatable bonds is 4. The normalized spacial score (nSPS) is 14.4. The molecule has 5 nitrogen and oxygen atoms in total. The summed E-state index contributed by atoms with van der Waals surface area (Å²) in [6.07, 6.45) is 2.11. The highest BCUT2D eigenvalue weighted by atomic mass is 16.5. The summed E-state index contributed by atoms with van der Waals surface area (Å²) < 4.78 is 9.85. The van der Waals surface area contributed by atoms with E-state index in [4.69, 9.17) is 4.74 Å². The molecule has 2 rings (SSSR count). The summed E-state index contributed by atoms with van der Waals surface area (Å²) >= 11 is 0. The third kappa shape index (κ3) is 2.83. The van der Waals surface area contributed by atoms with E-state index in [1.807, 2.05) is 30.3 Å². The zero-order chi connectivity index (χ0) is 14.5. The van der Waals surface area contributed by atoms with Crippen molar-refractivity contribution < 1.29 is 23.9 Å². The average molecular weight is 272 g/mol. The molecule has 0 atom stereocenters. The summed E-state index contributed by atoms with van der Waals surface area (Å²) in [6.45, 7) is 0.0868. The Labute approximate surface area is 115 Å². The third-order valence-corrected chi connectivity index (χ3v) is 2.70. The zero-order valence-corrected chi connectivity index (χ0v) is 10.8. The first-order chi connectivity index (χ1) is 9.63. The molecule has 20 heavy (non-hydrogen) atoms. The monoisotopic (exact) mass is 272 g/mol. The van der Waals surface area contributed by atoms with Crippen molar-refractivity contribution in [3.63, 3.8) is 0 Å². The van der Waals surface area contributed by atoms with Crippen LogP contribution in [0.2, 0.25) is 0 Å². The minimum Gasteiger partial charge on any atom is -0.484 e. The average Bonchev–Trinajstić information content (AvgIpc) is 2.48. The minimum absolute atomic E-state index is 0.0868. The lowest BCUT2D eigenvalue weighted by molar-refractivity contribution is -0.138. The van der Waals surface area contributed by atoms with Gasteiger partial charge in [0.25, 0.3) is 0 Å². The number of ether oxygens (including phenoxy) is 2. The molecule has 0 saturated carbocycles. The Morgan fingerprint density at radius 1 is 1.05 bits per heavy atom. The lowest BCUT2D eigenvalue weighted by atomic mass is 10.0. The van der Waals surface area contributed by atoms with Crippen molar-refractivity contribution in [1.82, 2.24) is 0 Å². The zero-order valence-electron chi connectivity index (χ0n) is 10.8. The maximum absolute atomic E-state index is 11.8. The molecule has 0 amide bonds. The number of esters is 1. The van der Waals surface area contributed by atoms with Crippen LogP contribution in [-0.2, 0) is 30.5 Å². The Kier molecular flexibility index (Phi) is 4.10. The van der Waals surface area contributed by atoms with Gasteiger partial charge in [-0.15, -0.1) is 0 Å². The second-order valence-corrected chi connectivity index (χ2v) is 4.03. The highest BCUT2D eigenvalue weighted by Gasteiger charge is 2.30. The highest BCUT2D eigenvalue weighted by Crippen LogP contribution is 2.18. The van der Waals surface area contributed by atoms with Crippen LogP contribution in [0.15, 0.2) is 53.8 Å². The van der Waals surface area contributed by atoms with E-state index in [2.05, 4.69) is 4.74 Å². The van der Waals surface area contributed by atoms with Crippen LogP contribution in [0.4, 0.5) is 0 Å². The summed E-state index contributed by atoms with van der Waals surface area (Å²) in [5.41, 5.74) is 0.454. The summed E-state index contributed by atoms with van der Waals surface area (Å²) in [7, 11) is 1.14. The molecular weight excluding hydrogens is 260 g/mol. The van der Waals surface area contributed by atoms with E-state index >= 15 is 0 Å². The van der Waals surface area contributed by atoms with Crippen LogP contribution in [0.5, 0.6) is 0 Å². The smallest absolute Gasteiger partial charge is 0.345 e. The molecule has 5 heteroatoms. The van der Waals surface area contributed by atoms with Crippen LogP contribution in [0.25, 0.3) is 0 Å². The molecule has 0 N–H and O–H groups in total. The summed E-state index contributed by atoms with van der Waals surface area (Å²) in [5, 5.41) is 0. The molecule has 102 valence electrons. The number of allylic oxidation sites excluding steroid dienone is 2. The standard InChI is InChI=1S/C15H12O5/c1-19-15(18)13-11(16)7-8-12(17)14(13)20-9-10-5-3-2-4-6-10/h2-8H,9H2,1H3. The van der Waals surface area contributed by atoms with Gasteiger partial charge in [0.15, 0.2) is 17.1 Å². The molecule has 0 fully saturated rings. The second-order valence-electron chi connectivity index (χ2n) is 4.03. The maximum Gasteiger partial charge on any atom is 0.345 e. The highest BCUT2D eigenvalue weighted by molar-refractivity contribution is 6.30. The van der Waals surface area contributed by atoms with E-state index in [1.165, 1.54) is 0 Å². The van der Waals surface area contributed by atoms with Crippen molar-refractivity contribution in [2.24, 2.45) is 0 Å². The number of benzene rings is 1. The second kappa shape index (κ2) is 5.97. The predicted molar refractivity (Wildman–Crippen MR) is 69.4 cm³/mol. The molecule has 1 aliphatic rings. The van der Waals surface area contributed by atoms with E-state index in [0.717, 1.165) is 24.8 Å². The molecule has 0 aromatic heterocycles. The number of hydrogen-bond donors (Lipinski definition) is 0. The lowest BCUT2D eigenvalue weighted by Gasteiger charge is -2.14. The molecule has 0 bridgehead atoms. The van der Waals surface area contributed by atoms with Gasteiger partial charge in [-0.1, -0.05) is 30.3 Å². The number of ketones is 2. The van der Waals surface area contributed by atoms with Gasteiger partial charge < -0.3 is 9.47 Å². The largest absolute Gasteiger partial charge is 0.484 e. The SMILES string of the molecule is COC(=O)C1=C(OCc2ccccc2)C(=O)C=CC1=O. The van der Waals surface area contributed by atoms with Crippen molar-refractivity contribution in [2.45, 2.75) is 6.61 Å². The van der Waals surface area contributed by atoms with Gasteiger partial charge in [0.1, 0.15) is 6.61 Å². The molecule has 1 aromatic carbocycles. The van der Waals surface area contributed by atoms with E-state index in [0.29, 0.717) is 0 Å². The summed E-state index contributed by atoms with van der Waals surface area (Å²) in [5.74, 6) is -2.27. The first kappa shape index (κ1) is 13.7. The number of hydrogen-bond acceptors (Lipinski definition) is 5. The van der Waals surface area contributed by atoms with Crippen molar-refractivity contribution in [3.8, 4) is 0 Å².